The Morgan fingerprint density at radius 1 is 0.217 bits per heavy atom. The van der Waals surface area contributed by atoms with E-state index in [1.165, 1.54) is 0 Å². The van der Waals surface area contributed by atoms with Crippen molar-refractivity contribution in [2.45, 2.75) is 0 Å². The number of ether oxygens (including phenoxy) is 13. The van der Waals surface area contributed by atoms with E-state index in [1.807, 2.05) is 0 Å². The van der Waals surface area contributed by atoms with Crippen LogP contribution in [0.15, 0.2) is 0 Å². The average molecular weight is 678 g/mol. The Hall–Kier alpha value is -0.640. The second kappa shape index (κ2) is 44.4. The monoisotopic (exact) mass is 677 g/mol. The zero-order chi connectivity index (χ0) is 33.1. The van der Waals surface area contributed by atoms with Crippen molar-refractivity contribution in [2.24, 2.45) is 0 Å². The van der Waals surface area contributed by atoms with Crippen molar-refractivity contribution < 1.29 is 71.8 Å². The molecule has 0 fully saturated rings. The maximum atomic E-state index is 8.58. The van der Waals surface area contributed by atoms with E-state index >= 15 is 0 Å². The summed E-state index contributed by atoms with van der Waals surface area (Å²) in [5.41, 5.74) is 0. The highest BCUT2D eigenvalue weighted by atomic mass is 16.6. The van der Waals surface area contributed by atoms with Crippen LogP contribution in [0.4, 0.5) is 0 Å². The predicted molar refractivity (Wildman–Crippen MR) is 168 cm³/mol. The molecule has 0 aliphatic carbocycles. The number of nitrogens with one attached hydrogen (secondary N) is 1. The first-order valence-corrected chi connectivity index (χ1v) is 16.3. The van der Waals surface area contributed by atoms with E-state index in [1.54, 1.807) is 0 Å². The van der Waals surface area contributed by atoms with Gasteiger partial charge in [-0.3, -0.25) is 0 Å². The standard InChI is InChI=1S/C30H63NO15/c32-3-7-36-11-15-40-19-23-44-27-25-42-21-17-38-13-9-34-5-1-31-2-6-35-10-14-39-18-22-43-26-29-46-30-28-45-24-20-41-16-12-37-8-4-33/h31-33H,1-30H2. The van der Waals surface area contributed by atoms with Crippen LogP contribution in [-0.2, 0) is 61.6 Å². The largest absolute Gasteiger partial charge is 0.394 e. The number of rotatable bonds is 43. The molecule has 0 aromatic carbocycles. The quantitative estimate of drug-likeness (QED) is 0.0655. The molecule has 16 nitrogen and oxygen atoms in total. The van der Waals surface area contributed by atoms with Gasteiger partial charge in [0.05, 0.1) is 185 Å². The summed E-state index contributed by atoms with van der Waals surface area (Å²) in [6.45, 7) is 14.6. The summed E-state index contributed by atoms with van der Waals surface area (Å²) in [4.78, 5) is 0. The van der Waals surface area contributed by atoms with Crippen molar-refractivity contribution in [2.75, 3.05) is 198 Å². The minimum absolute atomic E-state index is 0.0243. The van der Waals surface area contributed by atoms with Crippen LogP contribution in [0.1, 0.15) is 0 Å². The van der Waals surface area contributed by atoms with E-state index in [-0.39, 0.29) is 13.2 Å². The minimum atomic E-state index is 0.0243. The second-order valence-electron chi connectivity index (χ2n) is 9.16. The van der Waals surface area contributed by atoms with E-state index in [0.717, 1.165) is 13.1 Å². The normalized spacial score (nSPS) is 11.6. The lowest BCUT2D eigenvalue weighted by atomic mass is 10.6. The van der Waals surface area contributed by atoms with Gasteiger partial charge >= 0.3 is 0 Å². The summed E-state index contributed by atoms with van der Waals surface area (Å²) in [5, 5.41) is 20.4. The summed E-state index contributed by atoms with van der Waals surface area (Å²) in [7, 11) is 0. The van der Waals surface area contributed by atoms with Gasteiger partial charge in [0.1, 0.15) is 0 Å². The van der Waals surface area contributed by atoms with E-state index in [2.05, 4.69) is 5.32 Å². The van der Waals surface area contributed by atoms with Gasteiger partial charge in [0, 0.05) is 13.1 Å². The van der Waals surface area contributed by atoms with Crippen LogP contribution in [0, 0.1) is 0 Å². The molecule has 0 rings (SSSR count). The van der Waals surface area contributed by atoms with Crippen molar-refractivity contribution in [3.63, 3.8) is 0 Å². The molecule has 0 aromatic heterocycles. The van der Waals surface area contributed by atoms with Crippen LogP contribution in [-0.4, -0.2) is 208 Å². The Bertz CT molecular complexity index is 485. The van der Waals surface area contributed by atoms with Crippen molar-refractivity contribution in [3.05, 3.63) is 0 Å². The molecular formula is C30H63NO15. The molecule has 0 saturated carbocycles. The third-order valence-electron chi connectivity index (χ3n) is 5.41. The van der Waals surface area contributed by atoms with Crippen molar-refractivity contribution in [3.8, 4) is 0 Å². The fraction of sp³-hybridized carbons (Fsp3) is 1.00. The molecule has 3 N–H and O–H groups in total. The number of hydrogen-bond donors (Lipinski definition) is 3. The van der Waals surface area contributed by atoms with E-state index < -0.39 is 0 Å². The SMILES string of the molecule is OCCOCCOCCOCCOCCOCCOCCNCCOCCOCCOCCOCCOCCOCCOCCO. The third-order valence-corrected chi connectivity index (χ3v) is 5.41. The van der Waals surface area contributed by atoms with Crippen LogP contribution in [0.5, 0.6) is 0 Å². The molecule has 0 spiro atoms. The molecule has 0 heterocycles. The highest BCUT2D eigenvalue weighted by molar-refractivity contribution is 4.46. The molecule has 0 aliphatic heterocycles. The summed E-state index contributed by atoms with van der Waals surface area (Å²) in [5.74, 6) is 0. The number of aliphatic hydroxyl groups excluding tert-OH is 2. The Labute approximate surface area is 275 Å². The lowest BCUT2D eigenvalue weighted by Gasteiger charge is -2.09. The zero-order valence-electron chi connectivity index (χ0n) is 27.9. The van der Waals surface area contributed by atoms with E-state index in [0.29, 0.717) is 172 Å². The maximum absolute atomic E-state index is 8.58. The zero-order valence-corrected chi connectivity index (χ0v) is 27.9. The van der Waals surface area contributed by atoms with Crippen molar-refractivity contribution in [1.82, 2.24) is 5.32 Å². The smallest absolute Gasteiger partial charge is 0.0701 e. The van der Waals surface area contributed by atoms with Gasteiger partial charge in [-0.05, 0) is 0 Å². The van der Waals surface area contributed by atoms with Gasteiger partial charge < -0.3 is 77.1 Å². The molecule has 0 bridgehead atoms. The molecule has 0 saturated heterocycles. The van der Waals surface area contributed by atoms with Gasteiger partial charge in [0.2, 0.25) is 0 Å². The van der Waals surface area contributed by atoms with E-state index in [4.69, 9.17) is 71.8 Å². The van der Waals surface area contributed by atoms with E-state index in [9.17, 15) is 0 Å². The van der Waals surface area contributed by atoms with Gasteiger partial charge in [-0.15, -0.1) is 0 Å². The minimum Gasteiger partial charge on any atom is -0.394 e. The van der Waals surface area contributed by atoms with Crippen molar-refractivity contribution in [1.29, 1.82) is 0 Å². The maximum Gasteiger partial charge on any atom is 0.0701 e. The molecule has 0 atom stereocenters. The average Bonchev–Trinajstić information content (AvgIpc) is 3.07. The molecule has 0 aromatic rings. The lowest BCUT2D eigenvalue weighted by Crippen LogP contribution is -2.25. The lowest BCUT2D eigenvalue weighted by molar-refractivity contribution is -0.0214. The number of aliphatic hydroxyl groups is 2. The molecular weight excluding hydrogens is 614 g/mol. The van der Waals surface area contributed by atoms with Crippen LogP contribution in [0.2, 0.25) is 0 Å². The summed E-state index contributed by atoms with van der Waals surface area (Å²) >= 11 is 0. The Morgan fingerprint density at radius 3 is 0.543 bits per heavy atom. The Morgan fingerprint density at radius 2 is 0.370 bits per heavy atom. The van der Waals surface area contributed by atoms with Gasteiger partial charge in [0.15, 0.2) is 0 Å². The highest BCUT2D eigenvalue weighted by Gasteiger charge is 1.97. The van der Waals surface area contributed by atoms with Crippen LogP contribution < -0.4 is 5.32 Å². The van der Waals surface area contributed by atoms with Gasteiger partial charge in [0.25, 0.3) is 0 Å². The molecule has 16 heteroatoms. The fourth-order valence-electron chi connectivity index (χ4n) is 3.17. The topological polar surface area (TPSA) is 172 Å². The molecule has 0 amide bonds. The first kappa shape index (κ1) is 45.4. The van der Waals surface area contributed by atoms with Crippen LogP contribution >= 0.6 is 0 Å². The Kier molecular flexibility index (Phi) is 43.7. The molecule has 0 unspecified atom stereocenters. The summed E-state index contributed by atoms with van der Waals surface area (Å²) in [6, 6.07) is 0. The Balaban J connectivity index is 3.03. The third kappa shape index (κ3) is 43.4. The second-order valence-corrected chi connectivity index (χ2v) is 9.16. The van der Waals surface area contributed by atoms with Crippen molar-refractivity contribution >= 4 is 0 Å². The van der Waals surface area contributed by atoms with Gasteiger partial charge in [-0.2, -0.15) is 0 Å². The fourth-order valence-corrected chi connectivity index (χ4v) is 3.17. The molecule has 278 valence electrons. The molecule has 0 aliphatic rings. The predicted octanol–water partition coefficient (Wildman–Crippen LogP) is -1.22. The first-order chi connectivity index (χ1) is 22.9. The summed E-state index contributed by atoms with van der Waals surface area (Å²) in [6.07, 6.45) is 0. The molecule has 0 radical (unpaired) electrons. The first-order valence-electron chi connectivity index (χ1n) is 16.3. The van der Waals surface area contributed by atoms with Gasteiger partial charge in [-0.1, -0.05) is 0 Å². The van der Waals surface area contributed by atoms with Crippen LogP contribution in [0.25, 0.3) is 0 Å². The molecule has 46 heavy (non-hydrogen) atoms. The summed E-state index contributed by atoms with van der Waals surface area (Å²) < 4.78 is 70.0. The highest BCUT2D eigenvalue weighted by Crippen LogP contribution is 1.87. The number of hydrogen-bond acceptors (Lipinski definition) is 16. The van der Waals surface area contributed by atoms with Crippen LogP contribution in [0.3, 0.4) is 0 Å². The van der Waals surface area contributed by atoms with Gasteiger partial charge in [-0.25, -0.2) is 0 Å².